The van der Waals surface area contributed by atoms with Crippen LogP contribution in [0.15, 0.2) is 36.7 Å². The van der Waals surface area contributed by atoms with Crippen LogP contribution in [0.5, 0.6) is 5.75 Å². The maximum atomic E-state index is 5.60. The van der Waals surface area contributed by atoms with Crippen molar-refractivity contribution in [1.29, 1.82) is 0 Å². The number of nitrogens with two attached hydrogens (primary N) is 1. The smallest absolute Gasteiger partial charge is 0.240 e. The molecule has 1 aromatic carbocycles. The predicted molar refractivity (Wildman–Crippen MR) is 67.2 cm³/mol. The number of fused-ring (bicyclic) bond motifs is 1. The Morgan fingerprint density at radius 2 is 2.17 bits per heavy atom. The molecule has 0 spiro atoms. The van der Waals surface area contributed by atoms with E-state index in [0.717, 1.165) is 17.0 Å². The lowest BCUT2D eigenvalue weighted by molar-refractivity contribution is 0.415. The van der Waals surface area contributed by atoms with E-state index in [1.807, 2.05) is 24.3 Å². The number of nitrogens with zero attached hydrogens (tertiary/aromatic N) is 4. The van der Waals surface area contributed by atoms with Gasteiger partial charge in [-0.2, -0.15) is 4.98 Å². The van der Waals surface area contributed by atoms with Crippen molar-refractivity contribution < 1.29 is 4.74 Å². The maximum Gasteiger partial charge on any atom is 0.240 e. The minimum Gasteiger partial charge on any atom is -0.497 e. The van der Waals surface area contributed by atoms with Gasteiger partial charge in [-0.3, -0.25) is 4.98 Å². The zero-order valence-electron chi connectivity index (χ0n) is 9.74. The van der Waals surface area contributed by atoms with Crippen molar-refractivity contribution in [2.45, 2.75) is 0 Å². The Labute approximate surface area is 103 Å². The van der Waals surface area contributed by atoms with Crippen molar-refractivity contribution in [3.05, 3.63) is 36.7 Å². The topological polar surface area (TPSA) is 78.3 Å². The molecule has 6 nitrogen and oxygen atoms in total. The summed E-state index contributed by atoms with van der Waals surface area (Å²) < 4.78 is 6.87. The largest absolute Gasteiger partial charge is 0.497 e. The van der Waals surface area contributed by atoms with Crippen LogP contribution in [-0.4, -0.2) is 26.7 Å². The quantitative estimate of drug-likeness (QED) is 0.733. The van der Waals surface area contributed by atoms with Gasteiger partial charge in [0.2, 0.25) is 5.95 Å². The van der Waals surface area contributed by atoms with E-state index in [-0.39, 0.29) is 5.95 Å². The zero-order chi connectivity index (χ0) is 12.5. The number of benzene rings is 1. The average Bonchev–Trinajstić information content (AvgIpc) is 2.78. The van der Waals surface area contributed by atoms with Gasteiger partial charge < -0.3 is 10.5 Å². The van der Waals surface area contributed by atoms with Crippen molar-refractivity contribution >= 4 is 11.6 Å². The summed E-state index contributed by atoms with van der Waals surface area (Å²) in [4.78, 5) is 8.22. The van der Waals surface area contributed by atoms with Crippen LogP contribution >= 0.6 is 0 Å². The average molecular weight is 241 g/mol. The van der Waals surface area contributed by atoms with Gasteiger partial charge in [0.15, 0.2) is 5.65 Å². The summed E-state index contributed by atoms with van der Waals surface area (Å²) in [6, 6.07) is 7.66. The first-order chi connectivity index (χ1) is 8.78. The maximum absolute atomic E-state index is 5.60. The summed E-state index contributed by atoms with van der Waals surface area (Å²) in [6.45, 7) is 0. The number of ether oxygens (including phenoxy) is 1. The van der Waals surface area contributed by atoms with Gasteiger partial charge in [0, 0.05) is 5.56 Å². The third-order valence-electron chi connectivity index (χ3n) is 2.63. The van der Waals surface area contributed by atoms with Crippen molar-refractivity contribution in [2.75, 3.05) is 12.8 Å². The van der Waals surface area contributed by atoms with Crippen LogP contribution in [0.4, 0.5) is 5.95 Å². The molecule has 3 aromatic rings. The Bertz CT molecular complexity index is 707. The number of nitrogen functional groups attached to an aromatic ring is 1. The molecule has 3 rings (SSSR count). The predicted octanol–water partition coefficient (Wildman–Crippen LogP) is 1.38. The molecule has 0 aliphatic rings. The van der Waals surface area contributed by atoms with Crippen LogP contribution in [0.2, 0.25) is 0 Å². The second kappa shape index (κ2) is 3.99. The van der Waals surface area contributed by atoms with Crippen LogP contribution in [0.3, 0.4) is 0 Å². The molecule has 18 heavy (non-hydrogen) atoms. The molecule has 2 aromatic heterocycles. The van der Waals surface area contributed by atoms with E-state index >= 15 is 0 Å². The van der Waals surface area contributed by atoms with Crippen molar-refractivity contribution in [3.63, 3.8) is 0 Å². The van der Waals surface area contributed by atoms with E-state index in [0.29, 0.717) is 5.65 Å². The number of rotatable bonds is 2. The van der Waals surface area contributed by atoms with Crippen LogP contribution in [-0.2, 0) is 0 Å². The van der Waals surface area contributed by atoms with Crippen LogP contribution < -0.4 is 10.5 Å². The third kappa shape index (κ3) is 1.64. The molecule has 0 atom stereocenters. The number of aromatic nitrogens is 4. The van der Waals surface area contributed by atoms with Crippen LogP contribution in [0.1, 0.15) is 0 Å². The molecule has 0 aliphatic heterocycles. The van der Waals surface area contributed by atoms with E-state index in [1.54, 1.807) is 24.0 Å². The minimum atomic E-state index is 0.229. The molecule has 0 radical (unpaired) electrons. The first kappa shape index (κ1) is 10.5. The summed E-state index contributed by atoms with van der Waals surface area (Å²) in [5.74, 6) is 1.00. The Kier molecular flexibility index (Phi) is 2.33. The fourth-order valence-corrected chi connectivity index (χ4v) is 1.81. The zero-order valence-corrected chi connectivity index (χ0v) is 9.74. The van der Waals surface area contributed by atoms with Crippen molar-refractivity contribution in [2.24, 2.45) is 0 Å². The van der Waals surface area contributed by atoms with Crippen LogP contribution in [0.25, 0.3) is 16.9 Å². The highest BCUT2D eigenvalue weighted by Crippen LogP contribution is 2.23. The van der Waals surface area contributed by atoms with E-state index in [4.69, 9.17) is 10.5 Å². The fourth-order valence-electron chi connectivity index (χ4n) is 1.81. The Balaban J connectivity index is 2.24. The van der Waals surface area contributed by atoms with E-state index in [1.165, 1.54) is 0 Å². The normalized spacial score (nSPS) is 10.7. The van der Waals surface area contributed by atoms with E-state index < -0.39 is 0 Å². The number of methoxy groups -OCH3 is 1. The lowest BCUT2D eigenvalue weighted by Crippen LogP contribution is -1.96. The fraction of sp³-hybridized carbons (Fsp3) is 0.0833. The molecule has 0 aliphatic carbocycles. The van der Waals surface area contributed by atoms with Gasteiger partial charge in [0.05, 0.1) is 25.2 Å². The second-order valence-electron chi connectivity index (χ2n) is 3.76. The monoisotopic (exact) mass is 241 g/mol. The Hall–Kier alpha value is -2.63. The van der Waals surface area contributed by atoms with E-state index in [9.17, 15) is 0 Å². The first-order valence-corrected chi connectivity index (χ1v) is 5.38. The van der Waals surface area contributed by atoms with E-state index in [2.05, 4.69) is 15.1 Å². The molecule has 2 heterocycles. The molecular weight excluding hydrogens is 230 g/mol. The lowest BCUT2D eigenvalue weighted by Gasteiger charge is -2.05. The highest BCUT2D eigenvalue weighted by atomic mass is 16.5. The van der Waals surface area contributed by atoms with Crippen molar-refractivity contribution in [1.82, 2.24) is 19.6 Å². The Morgan fingerprint density at radius 1 is 1.28 bits per heavy atom. The molecule has 0 unspecified atom stereocenters. The summed E-state index contributed by atoms with van der Waals surface area (Å²) in [6.07, 6.45) is 3.34. The summed E-state index contributed by atoms with van der Waals surface area (Å²) >= 11 is 0. The van der Waals surface area contributed by atoms with Crippen molar-refractivity contribution in [3.8, 4) is 17.0 Å². The molecule has 0 saturated heterocycles. The number of hydrogen-bond acceptors (Lipinski definition) is 5. The molecule has 90 valence electrons. The van der Waals surface area contributed by atoms with Gasteiger partial charge in [-0.15, -0.1) is 5.10 Å². The molecule has 0 amide bonds. The summed E-state index contributed by atoms with van der Waals surface area (Å²) in [5.41, 5.74) is 7.97. The number of hydrogen-bond donors (Lipinski definition) is 1. The number of anilines is 1. The molecule has 0 fully saturated rings. The second-order valence-corrected chi connectivity index (χ2v) is 3.76. The van der Waals surface area contributed by atoms with Gasteiger partial charge >= 0.3 is 0 Å². The standard InChI is InChI=1S/C12H11N5O/c1-18-9-4-2-3-8(5-9)10-6-14-7-11-15-12(13)16-17(10)11/h2-7H,1H3,(H2,13,16). The highest BCUT2D eigenvalue weighted by molar-refractivity contribution is 5.63. The highest BCUT2D eigenvalue weighted by Gasteiger charge is 2.08. The summed E-state index contributed by atoms with van der Waals surface area (Å²) in [7, 11) is 1.63. The Morgan fingerprint density at radius 3 is 3.00 bits per heavy atom. The van der Waals surface area contributed by atoms with Gasteiger partial charge in [-0.25, -0.2) is 4.52 Å². The lowest BCUT2D eigenvalue weighted by atomic mass is 10.1. The van der Waals surface area contributed by atoms with Gasteiger partial charge in [0.25, 0.3) is 0 Å². The van der Waals surface area contributed by atoms with Crippen LogP contribution in [0, 0.1) is 0 Å². The molecular formula is C12H11N5O. The molecule has 2 N–H and O–H groups in total. The molecule has 0 bridgehead atoms. The van der Waals surface area contributed by atoms with Gasteiger partial charge in [-0.05, 0) is 12.1 Å². The minimum absolute atomic E-state index is 0.229. The van der Waals surface area contributed by atoms with Gasteiger partial charge in [0.1, 0.15) is 5.75 Å². The summed E-state index contributed by atoms with van der Waals surface area (Å²) in [5, 5.41) is 4.15. The van der Waals surface area contributed by atoms with Gasteiger partial charge in [-0.1, -0.05) is 12.1 Å². The SMILES string of the molecule is COc1cccc(-c2cncc3nc(N)nn23)c1. The first-order valence-electron chi connectivity index (χ1n) is 5.38. The third-order valence-corrected chi connectivity index (χ3v) is 2.63. The molecule has 0 saturated carbocycles. The molecule has 6 heteroatoms.